The summed E-state index contributed by atoms with van der Waals surface area (Å²) in [6.45, 7) is 6.54. The van der Waals surface area contributed by atoms with Gasteiger partial charge in [-0.2, -0.15) is 0 Å². The van der Waals surface area contributed by atoms with E-state index >= 15 is 0 Å². The van der Waals surface area contributed by atoms with Crippen LogP contribution in [-0.4, -0.2) is 55.2 Å². The molecule has 0 aromatic heterocycles. The fourth-order valence-electron chi connectivity index (χ4n) is 2.19. The Hall–Kier alpha value is -1.34. The molecule has 1 rings (SSSR count). The van der Waals surface area contributed by atoms with Crippen molar-refractivity contribution in [3.05, 3.63) is 35.4 Å². The smallest absolute Gasteiger partial charge is 0.0540 e. The second-order valence-electron chi connectivity index (χ2n) is 5.46. The van der Waals surface area contributed by atoms with Gasteiger partial charge in [0.1, 0.15) is 0 Å². The van der Waals surface area contributed by atoms with E-state index in [4.69, 9.17) is 5.11 Å². The molecule has 0 heterocycles. The molecule has 0 fully saturated rings. The van der Waals surface area contributed by atoms with Crippen molar-refractivity contribution < 1.29 is 5.11 Å². The van der Waals surface area contributed by atoms with Crippen molar-refractivity contribution in [3.63, 3.8) is 0 Å². The van der Waals surface area contributed by atoms with E-state index in [0.29, 0.717) is 6.42 Å². The molecule has 0 unspecified atom stereocenters. The molecular formula is C18H28N2O. The lowest BCUT2D eigenvalue weighted by Gasteiger charge is -2.22. The molecule has 1 aromatic rings. The summed E-state index contributed by atoms with van der Waals surface area (Å²) in [7, 11) is 4.23. The average molecular weight is 288 g/mol. The molecule has 1 aromatic carbocycles. The van der Waals surface area contributed by atoms with E-state index in [0.717, 1.165) is 31.7 Å². The Morgan fingerprint density at radius 3 is 2.57 bits per heavy atom. The molecule has 0 amide bonds. The lowest BCUT2D eigenvalue weighted by atomic mass is 10.1. The Bertz CT molecular complexity index is 460. The van der Waals surface area contributed by atoms with Crippen LogP contribution >= 0.6 is 0 Å². The van der Waals surface area contributed by atoms with Crippen LogP contribution in [-0.2, 0) is 6.54 Å². The summed E-state index contributed by atoms with van der Waals surface area (Å²) in [6, 6.07) is 8.31. The summed E-state index contributed by atoms with van der Waals surface area (Å²) in [4.78, 5) is 4.68. The first-order valence-corrected chi connectivity index (χ1v) is 7.72. The molecule has 0 atom stereocenters. The third kappa shape index (κ3) is 7.29. The van der Waals surface area contributed by atoms with Crippen molar-refractivity contribution in [1.82, 2.24) is 9.80 Å². The maximum absolute atomic E-state index is 8.82. The van der Waals surface area contributed by atoms with Gasteiger partial charge >= 0.3 is 0 Å². The highest BCUT2D eigenvalue weighted by Crippen LogP contribution is 2.11. The first-order valence-electron chi connectivity index (χ1n) is 7.72. The molecular weight excluding hydrogens is 260 g/mol. The summed E-state index contributed by atoms with van der Waals surface area (Å²) < 4.78 is 0. The fraction of sp³-hybridized carbons (Fsp3) is 0.556. The molecule has 0 saturated heterocycles. The Morgan fingerprint density at radius 2 is 1.90 bits per heavy atom. The minimum Gasteiger partial charge on any atom is -0.395 e. The average Bonchev–Trinajstić information content (AvgIpc) is 2.47. The van der Waals surface area contributed by atoms with Crippen molar-refractivity contribution in [2.45, 2.75) is 26.3 Å². The Labute approximate surface area is 129 Å². The van der Waals surface area contributed by atoms with Gasteiger partial charge in [-0.25, -0.2) is 0 Å². The molecule has 0 aliphatic rings. The van der Waals surface area contributed by atoms with Crippen LogP contribution in [0.15, 0.2) is 24.3 Å². The van der Waals surface area contributed by atoms with Gasteiger partial charge in [-0.15, -0.1) is 0 Å². The Balaban J connectivity index is 2.65. The van der Waals surface area contributed by atoms with Crippen LogP contribution in [0.5, 0.6) is 0 Å². The predicted molar refractivity (Wildman–Crippen MR) is 89.1 cm³/mol. The van der Waals surface area contributed by atoms with E-state index in [1.807, 2.05) is 6.07 Å². The topological polar surface area (TPSA) is 26.7 Å². The van der Waals surface area contributed by atoms with E-state index < -0.39 is 0 Å². The van der Waals surface area contributed by atoms with Gasteiger partial charge in [0.25, 0.3) is 0 Å². The van der Waals surface area contributed by atoms with E-state index in [-0.39, 0.29) is 6.61 Å². The molecule has 0 aliphatic carbocycles. The van der Waals surface area contributed by atoms with Crippen molar-refractivity contribution in [1.29, 1.82) is 0 Å². The lowest BCUT2D eigenvalue weighted by Crippen LogP contribution is -2.27. The lowest BCUT2D eigenvalue weighted by molar-refractivity contribution is 0.259. The molecule has 0 saturated carbocycles. The van der Waals surface area contributed by atoms with Crippen molar-refractivity contribution >= 4 is 0 Å². The first-order chi connectivity index (χ1) is 10.2. The Kier molecular flexibility index (Phi) is 8.77. The third-order valence-corrected chi connectivity index (χ3v) is 3.40. The summed E-state index contributed by atoms with van der Waals surface area (Å²) in [6.07, 6.45) is 1.72. The summed E-state index contributed by atoms with van der Waals surface area (Å²) in [5, 5.41) is 8.82. The highest BCUT2D eigenvalue weighted by Gasteiger charge is 2.06. The quantitative estimate of drug-likeness (QED) is 0.743. The van der Waals surface area contributed by atoms with E-state index in [9.17, 15) is 0 Å². The molecule has 1 N–H and O–H groups in total. The van der Waals surface area contributed by atoms with Crippen molar-refractivity contribution in [3.8, 4) is 11.8 Å². The molecule has 3 nitrogen and oxygen atoms in total. The molecule has 0 bridgehead atoms. The van der Waals surface area contributed by atoms with E-state index in [1.165, 1.54) is 12.0 Å². The van der Waals surface area contributed by atoms with Gasteiger partial charge in [-0.05, 0) is 51.8 Å². The number of aliphatic hydroxyl groups is 1. The number of nitrogens with zero attached hydrogens (tertiary/aromatic N) is 2. The van der Waals surface area contributed by atoms with Crippen molar-refractivity contribution in [2.24, 2.45) is 0 Å². The number of hydrogen-bond donors (Lipinski definition) is 1. The fourth-order valence-corrected chi connectivity index (χ4v) is 2.19. The van der Waals surface area contributed by atoms with Crippen LogP contribution in [0.3, 0.4) is 0 Å². The molecule has 0 aliphatic heterocycles. The van der Waals surface area contributed by atoms with Crippen LogP contribution in [0.1, 0.15) is 30.9 Å². The van der Waals surface area contributed by atoms with Gasteiger partial charge in [-0.1, -0.05) is 37.0 Å². The number of rotatable bonds is 8. The molecule has 3 heteroatoms. The van der Waals surface area contributed by atoms with Gasteiger partial charge < -0.3 is 10.0 Å². The van der Waals surface area contributed by atoms with Gasteiger partial charge in [0.15, 0.2) is 0 Å². The molecule has 0 spiro atoms. The predicted octanol–water partition coefficient (Wildman–Crippen LogP) is 2.19. The van der Waals surface area contributed by atoms with Crippen LogP contribution in [0.2, 0.25) is 0 Å². The highest BCUT2D eigenvalue weighted by molar-refractivity contribution is 5.41. The zero-order valence-corrected chi connectivity index (χ0v) is 13.6. The minimum absolute atomic E-state index is 0.126. The first kappa shape index (κ1) is 17.7. The highest BCUT2D eigenvalue weighted by atomic mass is 16.2. The van der Waals surface area contributed by atoms with Crippen LogP contribution < -0.4 is 0 Å². The van der Waals surface area contributed by atoms with E-state index in [2.05, 4.69) is 60.9 Å². The summed E-state index contributed by atoms with van der Waals surface area (Å²) >= 11 is 0. The zero-order valence-electron chi connectivity index (χ0n) is 13.6. The normalized spacial score (nSPS) is 10.8. The van der Waals surface area contributed by atoms with Crippen molar-refractivity contribution in [2.75, 3.05) is 40.3 Å². The molecule has 116 valence electrons. The second kappa shape index (κ2) is 10.4. The van der Waals surface area contributed by atoms with Crippen LogP contribution in [0, 0.1) is 11.8 Å². The zero-order chi connectivity index (χ0) is 15.5. The molecule has 21 heavy (non-hydrogen) atoms. The standard InChI is InChI=1S/C18H28N2O/c1-4-20(14-9-13-19(2)3)16-18-12-6-5-10-17(18)11-7-8-15-21/h5-6,10,12,21H,4,8-9,13-16H2,1-3H3. The number of hydrogen-bond acceptors (Lipinski definition) is 3. The second-order valence-corrected chi connectivity index (χ2v) is 5.46. The van der Waals surface area contributed by atoms with Gasteiger partial charge in [0.05, 0.1) is 6.61 Å². The molecule has 0 radical (unpaired) electrons. The Morgan fingerprint density at radius 1 is 1.14 bits per heavy atom. The van der Waals surface area contributed by atoms with Gasteiger partial charge in [-0.3, -0.25) is 4.90 Å². The van der Waals surface area contributed by atoms with Crippen LogP contribution in [0.25, 0.3) is 0 Å². The summed E-state index contributed by atoms with van der Waals surface area (Å²) in [5.41, 5.74) is 2.35. The third-order valence-electron chi connectivity index (χ3n) is 3.40. The maximum Gasteiger partial charge on any atom is 0.0540 e. The monoisotopic (exact) mass is 288 g/mol. The SMILES string of the molecule is CCN(CCCN(C)C)Cc1ccccc1C#CCCO. The minimum atomic E-state index is 0.126. The largest absolute Gasteiger partial charge is 0.395 e. The summed E-state index contributed by atoms with van der Waals surface area (Å²) in [5.74, 6) is 6.19. The van der Waals surface area contributed by atoms with Crippen LogP contribution in [0.4, 0.5) is 0 Å². The number of benzene rings is 1. The maximum atomic E-state index is 8.82. The van der Waals surface area contributed by atoms with Gasteiger partial charge in [0.2, 0.25) is 0 Å². The number of aliphatic hydroxyl groups excluding tert-OH is 1. The van der Waals surface area contributed by atoms with E-state index in [1.54, 1.807) is 0 Å². The van der Waals surface area contributed by atoms with Gasteiger partial charge in [0, 0.05) is 18.5 Å².